The number of esters is 1. The summed E-state index contributed by atoms with van der Waals surface area (Å²) in [6.07, 6.45) is 6.07. The molecule has 0 N–H and O–H groups in total. The maximum Gasteiger partial charge on any atom is 0.312 e. The summed E-state index contributed by atoms with van der Waals surface area (Å²) in [5.41, 5.74) is 0.712. The first-order valence-corrected chi connectivity index (χ1v) is 11.4. The van der Waals surface area contributed by atoms with Crippen LogP contribution in [0.2, 0.25) is 0 Å². The molecule has 2 aromatic heterocycles. The minimum atomic E-state index is -0.482. The summed E-state index contributed by atoms with van der Waals surface area (Å²) < 4.78 is 13.5. The molecule has 3 heterocycles. The fraction of sp³-hybridized carbons (Fsp3) is 0.385. The van der Waals surface area contributed by atoms with Crippen molar-refractivity contribution in [3.8, 4) is 11.6 Å². The van der Waals surface area contributed by atoms with E-state index in [2.05, 4.69) is 26.6 Å². The third-order valence-corrected chi connectivity index (χ3v) is 6.23. The smallest absolute Gasteiger partial charge is 0.312 e. The molecule has 0 spiro atoms. The van der Waals surface area contributed by atoms with Crippen molar-refractivity contribution in [3.05, 3.63) is 78.8 Å². The number of nitrogens with zero attached hydrogens (tertiary/aromatic N) is 3. The van der Waals surface area contributed by atoms with Crippen molar-refractivity contribution in [3.63, 3.8) is 0 Å². The summed E-state index contributed by atoms with van der Waals surface area (Å²) in [5.74, 6) is 1.66. The standard InChI is InChI=1S/C26H31N3O3/c1-2-31-25(30)26(15-20-32-23-10-4-3-5-11-23)13-18-28(19-14-26)21-22-9-8-17-29(22)24-12-6-7-16-27-24/h3-12,16-17H,2,13-15,18-21H2,1H3. The van der Waals surface area contributed by atoms with E-state index in [4.69, 9.17) is 9.47 Å². The number of piperidine rings is 1. The van der Waals surface area contributed by atoms with E-state index in [1.54, 1.807) is 0 Å². The van der Waals surface area contributed by atoms with Crippen molar-refractivity contribution < 1.29 is 14.3 Å². The average Bonchev–Trinajstić information content (AvgIpc) is 3.30. The van der Waals surface area contributed by atoms with E-state index in [1.165, 1.54) is 5.69 Å². The Bertz CT molecular complexity index is 980. The number of hydrogen-bond donors (Lipinski definition) is 0. The molecule has 0 saturated carbocycles. The highest BCUT2D eigenvalue weighted by Crippen LogP contribution is 2.37. The molecule has 1 fully saturated rings. The number of benzene rings is 1. The molecule has 1 saturated heterocycles. The fourth-order valence-electron chi connectivity index (χ4n) is 4.35. The largest absolute Gasteiger partial charge is 0.494 e. The van der Waals surface area contributed by atoms with Gasteiger partial charge in [-0.25, -0.2) is 4.98 Å². The molecule has 32 heavy (non-hydrogen) atoms. The first-order valence-electron chi connectivity index (χ1n) is 11.4. The molecule has 0 atom stereocenters. The van der Waals surface area contributed by atoms with Gasteiger partial charge in [-0.15, -0.1) is 0 Å². The van der Waals surface area contributed by atoms with E-state index in [-0.39, 0.29) is 5.97 Å². The molecular weight excluding hydrogens is 402 g/mol. The van der Waals surface area contributed by atoms with Crippen LogP contribution >= 0.6 is 0 Å². The second kappa shape index (κ2) is 10.5. The summed E-state index contributed by atoms with van der Waals surface area (Å²) in [4.78, 5) is 19.8. The van der Waals surface area contributed by atoms with Crippen LogP contribution in [0.1, 0.15) is 31.9 Å². The van der Waals surface area contributed by atoms with Crippen LogP contribution < -0.4 is 4.74 Å². The van der Waals surface area contributed by atoms with Crippen LogP contribution in [-0.4, -0.2) is 46.7 Å². The highest BCUT2D eigenvalue weighted by atomic mass is 16.5. The SMILES string of the molecule is CCOC(=O)C1(CCOc2ccccc2)CCN(Cc2cccn2-c2ccccn2)CC1. The Morgan fingerprint density at radius 1 is 1.03 bits per heavy atom. The molecule has 0 aliphatic carbocycles. The van der Waals surface area contributed by atoms with Crippen molar-refractivity contribution in [2.45, 2.75) is 32.7 Å². The number of carbonyl (C=O) groups excluding carboxylic acids is 1. The molecule has 0 radical (unpaired) electrons. The summed E-state index contributed by atoms with van der Waals surface area (Å²) in [6, 6.07) is 19.9. The van der Waals surface area contributed by atoms with Crippen LogP contribution in [0, 0.1) is 5.41 Å². The Morgan fingerprint density at radius 2 is 1.81 bits per heavy atom. The van der Waals surface area contributed by atoms with Gasteiger partial charge in [0.25, 0.3) is 0 Å². The zero-order valence-corrected chi connectivity index (χ0v) is 18.7. The Hall–Kier alpha value is -3.12. The van der Waals surface area contributed by atoms with Crippen LogP contribution in [0.25, 0.3) is 5.82 Å². The molecule has 1 aliphatic heterocycles. The second-order valence-electron chi connectivity index (χ2n) is 8.25. The maximum atomic E-state index is 12.9. The third kappa shape index (κ3) is 5.19. The number of rotatable bonds is 9. The quantitative estimate of drug-likeness (QED) is 0.466. The predicted molar refractivity (Wildman–Crippen MR) is 124 cm³/mol. The number of ether oxygens (including phenoxy) is 2. The number of carbonyl (C=O) groups is 1. The molecule has 0 unspecified atom stereocenters. The summed E-state index contributed by atoms with van der Waals surface area (Å²) in [6.45, 7) is 5.29. The summed E-state index contributed by atoms with van der Waals surface area (Å²) >= 11 is 0. The zero-order valence-electron chi connectivity index (χ0n) is 18.7. The lowest BCUT2D eigenvalue weighted by atomic mass is 9.75. The maximum absolute atomic E-state index is 12.9. The molecule has 4 rings (SSSR count). The first kappa shape index (κ1) is 22.1. The van der Waals surface area contributed by atoms with E-state index >= 15 is 0 Å². The van der Waals surface area contributed by atoms with E-state index in [9.17, 15) is 4.79 Å². The normalized spacial score (nSPS) is 15.9. The molecule has 0 bridgehead atoms. The van der Waals surface area contributed by atoms with Gasteiger partial charge in [-0.05, 0) is 75.7 Å². The third-order valence-electron chi connectivity index (χ3n) is 6.23. The van der Waals surface area contributed by atoms with Gasteiger partial charge in [0.1, 0.15) is 11.6 Å². The molecular formula is C26H31N3O3. The molecule has 1 aromatic carbocycles. The zero-order chi connectivity index (χ0) is 22.2. The minimum absolute atomic E-state index is 0.0897. The van der Waals surface area contributed by atoms with Gasteiger partial charge in [-0.2, -0.15) is 0 Å². The number of para-hydroxylation sites is 1. The van der Waals surface area contributed by atoms with E-state index in [1.807, 2.05) is 67.8 Å². The fourth-order valence-corrected chi connectivity index (χ4v) is 4.35. The van der Waals surface area contributed by atoms with Crippen LogP contribution in [0.5, 0.6) is 5.75 Å². The predicted octanol–water partition coefficient (Wildman–Crippen LogP) is 4.49. The highest BCUT2D eigenvalue weighted by Gasteiger charge is 2.42. The number of pyridine rings is 1. The number of likely N-dealkylation sites (tertiary alicyclic amines) is 1. The first-order chi connectivity index (χ1) is 15.7. The summed E-state index contributed by atoms with van der Waals surface area (Å²) in [7, 11) is 0. The van der Waals surface area contributed by atoms with Gasteiger partial charge < -0.3 is 14.0 Å². The van der Waals surface area contributed by atoms with Gasteiger partial charge in [0.2, 0.25) is 0 Å². The number of hydrogen-bond acceptors (Lipinski definition) is 5. The van der Waals surface area contributed by atoms with Gasteiger partial charge >= 0.3 is 5.97 Å². The van der Waals surface area contributed by atoms with Crippen molar-refractivity contribution in [2.24, 2.45) is 5.41 Å². The van der Waals surface area contributed by atoms with Crippen LogP contribution in [-0.2, 0) is 16.1 Å². The number of aromatic nitrogens is 2. The Morgan fingerprint density at radius 3 is 2.53 bits per heavy atom. The molecule has 1 aliphatic rings. The van der Waals surface area contributed by atoms with Gasteiger partial charge in [-0.3, -0.25) is 9.69 Å². The van der Waals surface area contributed by atoms with Crippen molar-refractivity contribution in [1.82, 2.24) is 14.5 Å². The topological polar surface area (TPSA) is 56.6 Å². The second-order valence-corrected chi connectivity index (χ2v) is 8.25. The Kier molecular flexibility index (Phi) is 7.22. The van der Waals surface area contributed by atoms with Crippen molar-refractivity contribution in [2.75, 3.05) is 26.3 Å². The lowest BCUT2D eigenvalue weighted by Gasteiger charge is -2.40. The van der Waals surface area contributed by atoms with Gasteiger partial charge in [0.05, 0.1) is 18.6 Å². The van der Waals surface area contributed by atoms with E-state index in [0.29, 0.717) is 19.6 Å². The molecule has 168 valence electrons. The molecule has 0 amide bonds. The van der Waals surface area contributed by atoms with Gasteiger partial charge in [0.15, 0.2) is 0 Å². The summed E-state index contributed by atoms with van der Waals surface area (Å²) in [5, 5.41) is 0. The lowest BCUT2D eigenvalue weighted by molar-refractivity contribution is -0.159. The molecule has 6 nitrogen and oxygen atoms in total. The Balaban J connectivity index is 1.38. The monoisotopic (exact) mass is 433 g/mol. The highest BCUT2D eigenvalue weighted by molar-refractivity contribution is 5.77. The minimum Gasteiger partial charge on any atom is -0.494 e. The Labute approximate surface area is 189 Å². The van der Waals surface area contributed by atoms with Crippen LogP contribution in [0.3, 0.4) is 0 Å². The molecule has 3 aromatic rings. The lowest BCUT2D eigenvalue weighted by Crippen LogP contribution is -2.45. The molecule has 6 heteroatoms. The van der Waals surface area contributed by atoms with Crippen LogP contribution in [0.15, 0.2) is 73.1 Å². The van der Waals surface area contributed by atoms with Gasteiger partial charge in [-0.1, -0.05) is 24.3 Å². The van der Waals surface area contributed by atoms with Crippen molar-refractivity contribution in [1.29, 1.82) is 0 Å². The van der Waals surface area contributed by atoms with Crippen molar-refractivity contribution >= 4 is 5.97 Å². The van der Waals surface area contributed by atoms with Gasteiger partial charge in [0, 0.05) is 24.6 Å². The van der Waals surface area contributed by atoms with E-state index in [0.717, 1.165) is 44.0 Å². The average molecular weight is 434 g/mol. The van der Waals surface area contributed by atoms with E-state index < -0.39 is 5.41 Å². The van der Waals surface area contributed by atoms with Crippen LogP contribution in [0.4, 0.5) is 0 Å².